The molecule has 0 unspecified atom stereocenters. The zero-order valence-electron chi connectivity index (χ0n) is 13.4. The zero-order chi connectivity index (χ0) is 15.6. The minimum absolute atomic E-state index is 0.187. The Labute approximate surface area is 130 Å². The molecule has 22 heavy (non-hydrogen) atoms. The minimum Gasteiger partial charge on any atom is -0.375 e. The number of nitrogens with zero attached hydrogens (tertiary/aromatic N) is 4. The van der Waals surface area contributed by atoms with Crippen molar-refractivity contribution in [3.05, 3.63) is 11.7 Å². The van der Waals surface area contributed by atoms with Crippen LogP contribution in [0.4, 0.5) is 0 Å². The van der Waals surface area contributed by atoms with Crippen molar-refractivity contribution in [3.63, 3.8) is 0 Å². The van der Waals surface area contributed by atoms with Gasteiger partial charge in [0.05, 0.1) is 12.0 Å². The van der Waals surface area contributed by atoms with Gasteiger partial charge in [-0.2, -0.15) is 4.98 Å². The molecule has 1 atom stereocenters. The number of rotatable bonds is 5. The average molecular weight is 308 g/mol. The van der Waals surface area contributed by atoms with Gasteiger partial charge in [0.2, 0.25) is 5.91 Å². The summed E-state index contributed by atoms with van der Waals surface area (Å²) in [6, 6.07) is 0. The van der Waals surface area contributed by atoms with E-state index in [-0.39, 0.29) is 5.41 Å². The van der Waals surface area contributed by atoms with Gasteiger partial charge in [-0.05, 0) is 32.7 Å². The molecule has 2 fully saturated rings. The fraction of sp³-hybridized carbons (Fsp3) is 0.800. The smallest absolute Gasteiger partial charge is 0.252 e. The van der Waals surface area contributed by atoms with Crippen LogP contribution in [0.2, 0.25) is 0 Å². The van der Waals surface area contributed by atoms with Crippen LogP contribution in [0.3, 0.4) is 0 Å². The second-order valence-corrected chi connectivity index (χ2v) is 6.27. The number of piperidine rings is 1. The quantitative estimate of drug-likeness (QED) is 0.809. The molecule has 2 aliphatic heterocycles. The van der Waals surface area contributed by atoms with Crippen LogP contribution in [0.5, 0.6) is 0 Å². The maximum absolute atomic E-state index is 12.7. The number of carbonyl (C=O) groups is 1. The second kappa shape index (κ2) is 6.34. The van der Waals surface area contributed by atoms with Crippen LogP contribution < -0.4 is 0 Å². The van der Waals surface area contributed by atoms with E-state index in [1.54, 1.807) is 7.11 Å². The molecule has 3 heterocycles. The van der Waals surface area contributed by atoms with Crippen molar-refractivity contribution in [1.82, 2.24) is 19.9 Å². The second-order valence-electron chi connectivity index (χ2n) is 6.27. The van der Waals surface area contributed by atoms with Crippen LogP contribution in [0.15, 0.2) is 4.52 Å². The van der Waals surface area contributed by atoms with Gasteiger partial charge in [0.25, 0.3) is 5.89 Å². The summed E-state index contributed by atoms with van der Waals surface area (Å²) in [4.78, 5) is 21.3. The van der Waals surface area contributed by atoms with E-state index in [0.717, 1.165) is 45.4 Å². The molecule has 3 rings (SSSR count). The van der Waals surface area contributed by atoms with E-state index in [1.165, 1.54) is 0 Å². The molecular weight excluding hydrogens is 284 g/mol. The van der Waals surface area contributed by atoms with Gasteiger partial charge in [0.1, 0.15) is 6.61 Å². The number of hydrogen-bond acceptors (Lipinski definition) is 6. The third-order valence-electron chi connectivity index (χ3n) is 4.78. The third-order valence-corrected chi connectivity index (χ3v) is 4.78. The zero-order valence-corrected chi connectivity index (χ0v) is 13.4. The lowest BCUT2D eigenvalue weighted by Crippen LogP contribution is -2.49. The Balaban J connectivity index is 1.62. The van der Waals surface area contributed by atoms with Gasteiger partial charge >= 0.3 is 0 Å². The molecule has 2 saturated heterocycles. The standard InChI is InChI=1S/C15H24N4O3/c1-3-19-7-4-5-15(14(19)20)6-8-18(11-15)9-12-16-13(10-21-2)22-17-12/h3-11H2,1-2H3/t15-/m0/s1. The summed E-state index contributed by atoms with van der Waals surface area (Å²) < 4.78 is 10.1. The highest BCUT2D eigenvalue weighted by molar-refractivity contribution is 5.84. The lowest BCUT2D eigenvalue weighted by molar-refractivity contribution is -0.145. The predicted molar refractivity (Wildman–Crippen MR) is 78.8 cm³/mol. The molecule has 0 aliphatic carbocycles. The number of hydrogen-bond donors (Lipinski definition) is 0. The number of methoxy groups -OCH3 is 1. The van der Waals surface area contributed by atoms with Crippen molar-refractivity contribution >= 4 is 5.91 Å². The summed E-state index contributed by atoms with van der Waals surface area (Å²) in [6.45, 7) is 6.46. The van der Waals surface area contributed by atoms with E-state index < -0.39 is 0 Å². The van der Waals surface area contributed by atoms with E-state index in [9.17, 15) is 4.79 Å². The van der Waals surface area contributed by atoms with Crippen LogP contribution in [0, 0.1) is 5.41 Å². The van der Waals surface area contributed by atoms with Crippen LogP contribution >= 0.6 is 0 Å². The third kappa shape index (κ3) is 2.87. The first kappa shape index (κ1) is 15.4. The summed E-state index contributed by atoms with van der Waals surface area (Å²) >= 11 is 0. The highest BCUT2D eigenvalue weighted by Gasteiger charge is 2.47. The maximum Gasteiger partial charge on any atom is 0.252 e. The van der Waals surface area contributed by atoms with Gasteiger partial charge < -0.3 is 14.2 Å². The SMILES string of the molecule is CCN1CCC[C@@]2(CCN(Cc3noc(COC)n3)C2)C1=O. The van der Waals surface area contributed by atoms with Gasteiger partial charge in [0, 0.05) is 26.7 Å². The first-order valence-electron chi connectivity index (χ1n) is 7.99. The molecule has 0 aromatic carbocycles. The Morgan fingerprint density at radius 1 is 1.36 bits per heavy atom. The molecule has 0 radical (unpaired) electrons. The minimum atomic E-state index is -0.187. The molecule has 1 amide bonds. The summed E-state index contributed by atoms with van der Waals surface area (Å²) in [5, 5.41) is 3.98. The van der Waals surface area contributed by atoms with Crippen LogP contribution in [-0.2, 0) is 22.7 Å². The summed E-state index contributed by atoms with van der Waals surface area (Å²) in [5.41, 5.74) is -0.187. The topological polar surface area (TPSA) is 71.7 Å². The fourth-order valence-electron chi connectivity index (χ4n) is 3.66. The fourth-order valence-corrected chi connectivity index (χ4v) is 3.66. The Kier molecular flexibility index (Phi) is 4.44. The van der Waals surface area contributed by atoms with Crippen molar-refractivity contribution in [1.29, 1.82) is 0 Å². The Morgan fingerprint density at radius 2 is 2.23 bits per heavy atom. The molecule has 1 aromatic heterocycles. The van der Waals surface area contributed by atoms with Crippen LogP contribution in [0.1, 0.15) is 37.9 Å². The van der Waals surface area contributed by atoms with Gasteiger partial charge in [-0.1, -0.05) is 5.16 Å². The molecular formula is C15H24N4O3. The maximum atomic E-state index is 12.7. The van der Waals surface area contributed by atoms with Crippen molar-refractivity contribution in [2.24, 2.45) is 5.41 Å². The Hall–Kier alpha value is -1.47. The highest BCUT2D eigenvalue weighted by Crippen LogP contribution is 2.40. The summed E-state index contributed by atoms with van der Waals surface area (Å²) in [5.74, 6) is 1.49. The van der Waals surface area contributed by atoms with Crippen molar-refractivity contribution in [2.75, 3.05) is 33.3 Å². The molecule has 0 N–H and O–H groups in total. The predicted octanol–water partition coefficient (Wildman–Crippen LogP) is 1.05. The average Bonchev–Trinajstić information content (AvgIpc) is 3.11. The van der Waals surface area contributed by atoms with Crippen LogP contribution in [-0.4, -0.2) is 59.1 Å². The number of aromatic nitrogens is 2. The van der Waals surface area contributed by atoms with Crippen LogP contribution in [0.25, 0.3) is 0 Å². The van der Waals surface area contributed by atoms with Gasteiger partial charge in [-0.15, -0.1) is 0 Å². The molecule has 7 heteroatoms. The molecule has 7 nitrogen and oxygen atoms in total. The number of carbonyl (C=O) groups excluding carboxylic acids is 1. The van der Waals surface area contributed by atoms with Gasteiger partial charge in [-0.3, -0.25) is 9.69 Å². The van der Waals surface area contributed by atoms with E-state index in [2.05, 4.69) is 22.0 Å². The lowest BCUT2D eigenvalue weighted by Gasteiger charge is -2.39. The molecule has 0 saturated carbocycles. The molecule has 1 aromatic rings. The van der Waals surface area contributed by atoms with Crippen molar-refractivity contribution < 1.29 is 14.1 Å². The van der Waals surface area contributed by atoms with E-state index in [1.807, 2.05) is 4.90 Å². The van der Waals surface area contributed by atoms with Crippen molar-refractivity contribution in [3.8, 4) is 0 Å². The monoisotopic (exact) mass is 308 g/mol. The highest BCUT2D eigenvalue weighted by atomic mass is 16.5. The van der Waals surface area contributed by atoms with Gasteiger partial charge in [0.15, 0.2) is 5.82 Å². The molecule has 2 aliphatic rings. The first-order valence-corrected chi connectivity index (χ1v) is 7.99. The number of amides is 1. The lowest BCUT2D eigenvalue weighted by atomic mass is 9.78. The summed E-state index contributed by atoms with van der Waals surface area (Å²) in [6.07, 6.45) is 3.04. The molecule has 122 valence electrons. The van der Waals surface area contributed by atoms with E-state index in [4.69, 9.17) is 9.26 Å². The normalized spacial score (nSPS) is 26.3. The molecule has 1 spiro atoms. The number of ether oxygens (including phenoxy) is 1. The first-order chi connectivity index (χ1) is 10.7. The molecule has 0 bridgehead atoms. The summed E-state index contributed by atoms with van der Waals surface area (Å²) in [7, 11) is 1.60. The number of likely N-dealkylation sites (tertiary alicyclic amines) is 2. The Morgan fingerprint density at radius 3 is 3.00 bits per heavy atom. The van der Waals surface area contributed by atoms with E-state index in [0.29, 0.717) is 30.8 Å². The van der Waals surface area contributed by atoms with Crippen molar-refractivity contribution in [2.45, 2.75) is 39.3 Å². The largest absolute Gasteiger partial charge is 0.375 e. The Bertz CT molecular complexity index is 533. The van der Waals surface area contributed by atoms with E-state index >= 15 is 0 Å². The van der Waals surface area contributed by atoms with Gasteiger partial charge in [-0.25, -0.2) is 0 Å².